The van der Waals surface area contributed by atoms with Crippen LogP contribution in [-0.4, -0.2) is 75.7 Å². The van der Waals surface area contributed by atoms with Crippen LogP contribution in [0, 0.1) is 0 Å². The van der Waals surface area contributed by atoms with Gasteiger partial charge in [0.1, 0.15) is 29.6 Å². The number of fused-ring (bicyclic) bond motifs is 9. The molecule has 3 unspecified atom stereocenters. The van der Waals surface area contributed by atoms with Crippen molar-refractivity contribution in [3.05, 3.63) is 83.9 Å². The van der Waals surface area contributed by atoms with Gasteiger partial charge >= 0.3 is 5.97 Å². The van der Waals surface area contributed by atoms with Gasteiger partial charge in [0.25, 0.3) is 0 Å². The molecular weight excluding hydrogens is 676 g/mol. The van der Waals surface area contributed by atoms with Crippen LogP contribution in [0.1, 0.15) is 37.3 Å². The van der Waals surface area contributed by atoms with Gasteiger partial charge < -0.3 is 41.6 Å². The van der Waals surface area contributed by atoms with Gasteiger partial charge in [-0.3, -0.25) is 19.4 Å². The first-order chi connectivity index (χ1) is 25.6. The first-order valence-electron chi connectivity index (χ1n) is 17.4. The average Bonchev–Trinajstić information content (AvgIpc) is 3.14. The Labute approximate surface area is 308 Å². The summed E-state index contributed by atoms with van der Waals surface area (Å²) >= 11 is 0. The Bertz CT molecular complexity index is 2070. The van der Waals surface area contributed by atoms with Crippen LogP contribution in [0.15, 0.2) is 77.8 Å². The van der Waals surface area contributed by atoms with E-state index in [-0.39, 0.29) is 31.8 Å². The Hall–Kier alpha value is -6.11. The predicted octanol–water partition coefficient (Wildman–Crippen LogP) is 3.42. The highest BCUT2D eigenvalue weighted by Gasteiger charge is 2.31. The number of hydrogen-bond acceptors (Lipinski definition) is 8. The number of benzene rings is 4. The Morgan fingerprint density at radius 3 is 2.04 bits per heavy atom. The van der Waals surface area contributed by atoms with Crippen molar-refractivity contribution in [3.63, 3.8) is 0 Å². The molecule has 1 aliphatic rings. The maximum atomic E-state index is 14.2. The fraction of sp³-hybridized carbons (Fsp3) is 0.325. The van der Waals surface area contributed by atoms with Gasteiger partial charge in [-0.05, 0) is 70.5 Å². The number of carbonyl (C=O) groups excluding carboxylic acids is 4. The fourth-order valence-electron chi connectivity index (χ4n) is 6.83. The van der Waals surface area contributed by atoms with E-state index in [1.165, 1.54) is 14.0 Å². The summed E-state index contributed by atoms with van der Waals surface area (Å²) in [4.78, 5) is 57.4. The van der Waals surface area contributed by atoms with Crippen molar-refractivity contribution in [2.24, 2.45) is 16.5 Å². The lowest BCUT2D eigenvalue weighted by molar-refractivity contribution is -0.145. The van der Waals surface area contributed by atoms with Crippen LogP contribution in [-0.2, 0) is 36.8 Å². The number of guanidine groups is 1. The van der Waals surface area contributed by atoms with Crippen molar-refractivity contribution in [1.82, 2.24) is 16.0 Å². The zero-order chi connectivity index (χ0) is 38.1. The van der Waals surface area contributed by atoms with Crippen molar-refractivity contribution >= 4 is 51.2 Å². The molecule has 4 aromatic rings. The molecule has 0 aromatic heterocycles. The van der Waals surface area contributed by atoms with Crippen LogP contribution in [0.2, 0.25) is 0 Å². The fourth-order valence-corrected chi connectivity index (χ4v) is 6.83. The second-order valence-corrected chi connectivity index (χ2v) is 12.8. The number of ether oxygens (including phenoxy) is 3. The van der Waals surface area contributed by atoms with Gasteiger partial charge in [0, 0.05) is 31.0 Å². The summed E-state index contributed by atoms with van der Waals surface area (Å²) < 4.78 is 17.4. The molecule has 4 aromatic carbocycles. The molecule has 53 heavy (non-hydrogen) atoms. The molecular formula is C40H46N6O7. The maximum Gasteiger partial charge on any atom is 0.328 e. The van der Waals surface area contributed by atoms with E-state index in [1.807, 2.05) is 60.7 Å². The summed E-state index contributed by atoms with van der Waals surface area (Å²) in [5, 5.41) is 12.0. The number of aliphatic imine (C=N–C) groups is 1. The van der Waals surface area contributed by atoms with Crippen LogP contribution < -0.4 is 36.9 Å². The molecule has 278 valence electrons. The second-order valence-electron chi connectivity index (χ2n) is 12.8. The summed E-state index contributed by atoms with van der Waals surface area (Å²) in [6.07, 6.45) is 4.76. The molecule has 13 nitrogen and oxygen atoms in total. The van der Waals surface area contributed by atoms with Gasteiger partial charge in [0.15, 0.2) is 5.96 Å². The van der Waals surface area contributed by atoms with Crippen LogP contribution in [0.25, 0.3) is 32.7 Å². The minimum Gasteiger partial charge on any atom is -0.496 e. The van der Waals surface area contributed by atoms with E-state index in [9.17, 15) is 19.2 Å². The number of esters is 1. The van der Waals surface area contributed by atoms with E-state index < -0.39 is 41.8 Å². The van der Waals surface area contributed by atoms with Gasteiger partial charge in [-0.25, -0.2) is 4.79 Å². The van der Waals surface area contributed by atoms with Gasteiger partial charge in [0.05, 0.1) is 21.3 Å². The third kappa shape index (κ3) is 8.86. The standard InChI is InChI=1S/C40H46N6O7/c1-23(47)44-32-22-27-21-25-13-6-9-16-29(25)34(36(27)52-3)33-28-15-8-5-12-24(28)20-26(35(33)51-2)14-7-10-17-31(39(50)53-4)46-37(48)30(45-38(32)49)18-11-19-43-40(41)42/h5-10,12-13,15-16,20-21,30-32H,11,14,17-19,22H2,1-4H3,(H,44,47)(H,45,49)(H,46,48)(H4,41,42,43)/b10-7+. The SMILES string of the molecule is COC(=O)C1C/C=C/Cc2cc3ccccc3c(c2OC)-c2c(OC)c(cc3ccccc23)CC(NC(C)=O)C(=O)NC(CCCN=C(N)N)C(=O)N1. The monoisotopic (exact) mass is 722 g/mol. The normalized spacial score (nSPS) is 18.5. The molecule has 3 amide bonds. The van der Waals surface area contributed by atoms with E-state index in [0.717, 1.165) is 38.2 Å². The third-order valence-electron chi connectivity index (χ3n) is 9.19. The van der Waals surface area contributed by atoms with Gasteiger partial charge in [-0.1, -0.05) is 60.7 Å². The Morgan fingerprint density at radius 1 is 0.849 bits per heavy atom. The number of allylic oxidation sites excluding steroid dienone is 1. The summed E-state index contributed by atoms with van der Waals surface area (Å²) in [6, 6.07) is 16.6. The molecule has 3 atom stereocenters. The van der Waals surface area contributed by atoms with Crippen LogP contribution in [0.3, 0.4) is 0 Å². The van der Waals surface area contributed by atoms with E-state index in [4.69, 9.17) is 25.7 Å². The molecule has 13 heteroatoms. The minimum atomic E-state index is -1.12. The first-order valence-corrected chi connectivity index (χ1v) is 17.4. The van der Waals surface area contributed by atoms with Crippen molar-refractivity contribution < 1.29 is 33.4 Å². The number of nitrogens with one attached hydrogen (secondary N) is 3. The quantitative estimate of drug-likeness (QED) is 0.0595. The number of rotatable bonds is 8. The molecule has 0 spiro atoms. The average molecular weight is 723 g/mol. The molecule has 0 saturated carbocycles. The van der Waals surface area contributed by atoms with Crippen molar-refractivity contribution in [2.45, 2.75) is 57.2 Å². The molecule has 0 saturated heterocycles. The van der Waals surface area contributed by atoms with Gasteiger partial charge in [-0.15, -0.1) is 0 Å². The van der Waals surface area contributed by atoms with E-state index in [0.29, 0.717) is 29.9 Å². The summed E-state index contributed by atoms with van der Waals surface area (Å²) in [5.74, 6) is -1.28. The van der Waals surface area contributed by atoms with E-state index >= 15 is 0 Å². The number of hydrogen-bond donors (Lipinski definition) is 5. The number of nitrogens with two attached hydrogens (primary N) is 2. The highest BCUT2D eigenvalue weighted by molar-refractivity contribution is 6.11. The minimum absolute atomic E-state index is 0.0161. The Kier molecular flexibility index (Phi) is 12.5. The highest BCUT2D eigenvalue weighted by Crippen LogP contribution is 2.48. The molecule has 0 radical (unpaired) electrons. The topological polar surface area (TPSA) is 196 Å². The first kappa shape index (κ1) is 38.1. The lowest BCUT2D eigenvalue weighted by Gasteiger charge is -2.26. The lowest BCUT2D eigenvalue weighted by Crippen LogP contribution is -2.56. The lowest BCUT2D eigenvalue weighted by atomic mass is 9.87. The third-order valence-corrected chi connectivity index (χ3v) is 9.19. The number of nitrogens with zero attached hydrogens (tertiary/aromatic N) is 1. The number of methoxy groups -OCH3 is 3. The highest BCUT2D eigenvalue weighted by atomic mass is 16.5. The molecule has 5 rings (SSSR count). The van der Waals surface area contributed by atoms with E-state index in [2.05, 4.69) is 27.0 Å². The molecule has 1 aliphatic heterocycles. The predicted molar refractivity (Wildman–Crippen MR) is 205 cm³/mol. The van der Waals surface area contributed by atoms with Gasteiger partial charge in [-0.2, -0.15) is 0 Å². The smallest absolute Gasteiger partial charge is 0.328 e. The summed E-state index contributed by atoms with van der Waals surface area (Å²) in [5.41, 5.74) is 14.1. The van der Waals surface area contributed by atoms with Crippen LogP contribution in [0.4, 0.5) is 0 Å². The van der Waals surface area contributed by atoms with Crippen molar-refractivity contribution in [3.8, 4) is 22.6 Å². The van der Waals surface area contributed by atoms with E-state index in [1.54, 1.807) is 20.3 Å². The summed E-state index contributed by atoms with van der Waals surface area (Å²) in [7, 11) is 4.44. The Balaban J connectivity index is 1.75. The van der Waals surface area contributed by atoms with Crippen molar-refractivity contribution in [1.29, 1.82) is 0 Å². The molecule has 0 aliphatic carbocycles. The summed E-state index contributed by atoms with van der Waals surface area (Å²) in [6.45, 7) is 1.52. The zero-order valence-electron chi connectivity index (χ0n) is 30.4. The molecule has 1 heterocycles. The van der Waals surface area contributed by atoms with Gasteiger partial charge in [0.2, 0.25) is 17.7 Å². The van der Waals surface area contributed by atoms with Crippen LogP contribution in [0.5, 0.6) is 11.5 Å². The van der Waals surface area contributed by atoms with Crippen molar-refractivity contribution in [2.75, 3.05) is 27.9 Å². The molecule has 7 N–H and O–H groups in total. The largest absolute Gasteiger partial charge is 0.496 e. The second kappa shape index (κ2) is 17.4. The van der Waals surface area contributed by atoms with Crippen LogP contribution >= 0.6 is 0 Å². The molecule has 4 bridgehead atoms. The number of carbonyl (C=O) groups is 4. The maximum absolute atomic E-state index is 14.2. The number of amides is 3. The Morgan fingerprint density at radius 2 is 1.45 bits per heavy atom. The zero-order valence-corrected chi connectivity index (χ0v) is 30.4. The molecule has 0 fully saturated rings.